The predicted molar refractivity (Wildman–Crippen MR) is 79.8 cm³/mol. The van der Waals surface area contributed by atoms with Gasteiger partial charge in [0.1, 0.15) is 5.82 Å². The van der Waals surface area contributed by atoms with Gasteiger partial charge in [-0.2, -0.15) is 13.2 Å². The normalized spacial score (nSPS) is 11.1. The van der Waals surface area contributed by atoms with E-state index in [9.17, 15) is 13.2 Å². The second kappa shape index (κ2) is 6.85. The lowest BCUT2D eigenvalue weighted by atomic mass is 10.2. The van der Waals surface area contributed by atoms with Crippen LogP contribution < -0.4 is 5.32 Å². The minimum atomic E-state index is -4.42. The second-order valence-corrected chi connectivity index (χ2v) is 4.34. The van der Waals surface area contributed by atoms with E-state index in [2.05, 4.69) is 10.3 Å². The van der Waals surface area contributed by atoms with Crippen LogP contribution in [0.1, 0.15) is 19.5 Å². The van der Waals surface area contributed by atoms with Crippen LogP contribution in [0.25, 0.3) is 11.4 Å². The van der Waals surface area contributed by atoms with Gasteiger partial charge in [-0.1, -0.05) is 0 Å². The predicted octanol–water partition coefficient (Wildman–Crippen LogP) is 4.44. The number of nitrogens with zero attached hydrogens (tertiary/aromatic N) is 2. The van der Waals surface area contributed by atoms with Crippen LogP contribution in [0.2, 0.25) is 0 Å². The minimum absolute atomic E-state index is 0. The highest BCUT2D eigenvalue weighted by molar-refractivity contribution is 5.85. The zero-order valence-corrected chi connectivity index (χ0v) is 12.6. The summed E-state index contributed by atoms with van der Waals surface area (Å²) < 4.78 is 39.6. The standard InChI is InChI=1S/C14H16F3N3.ClH/c1-3-18-11-7-5-10(6-8-11)13-19-12(14(15,16)17)9-20(13)4-2;/h5-9,18H,3-4H2,1-2H3;1H. The maximum atomic E-state index is 12.7. The summed E-state index contributed by atoms with van der Waals surface area (Å²) in [5.74, 6) is 0.336. The van der Waals surface area contributed by atoms with E-state index in [0.29, 0.717) is 17.9 Å². The third-order valence-corrected chi connectivity index (χ3v) is 2.93. The first-order chi connectivity index (χ1) is 9.45. The number of aryl methyl sites for hydroxylation is 1. The van der Waals surface area contributed by atoms with Crippen molar-refractivity contribution in [3.8, 4) is 11.4 Å². The Morgan fingerprint density at radius 2 is 1.76 bits per heavy atom. The van der Waals surface area contributed by atoms with Crippen LogP contribution in [0.15, 0.2) is 30.5 Å². The van der Waals surface area contributed by atoms with E-state index in [-0.39, 0.29) is 12.4 Å². The SMILES string of the molecule is CCNc1ccc(-c2nc(C(F)(F)F)cn2CC)cc1.Cl. The average Bonchev–Trinajstić information content (AvgIpc) is 2.84. The molecule has 2 rings (SSSR count). The van der Waals surface area contributed by atoms with E-state index in [1.54, 1.807) is 19.1 Å². The van der Waals surface area contributed by atoms with Crippen LogP contribution in [-0.4, -0.2) is 16.1 Å². The molecule has 0 unspecified atom stereocenters. The summed E-state index contributed by atoms with van der Waals surface area (Å²) in [6.45, 7) is 5.00. The molecule has 116 valence electrons. The molecule has 1 aromatic heterocycles. The summed E-state index contributed by atoms with van der Waals surface area (Å²) in [7, 11) is 0. The first-order valence-corrected chi connectivity index (χ1v) is 6.44. The number of anilines is 1. The van der Waals surface area contributed by atoms with Crippen molar-refractivity contribution in [1.82, 2.24) is 9.55 Å². The summed E-state index contributed by atoms with van der Waals surface area (Å²) in [5.41, 5.74) is 0.746. The molecular formula is C14H17ClF3N3. The summed E-state index contributed by atoms with van der Waals surface area (Å²) in [4.78, 5) is 3.72. The van der Waals surface area contributed by atoms with E-state index >= 15 is 0 Å². The fourth-order valence-electron chi connectivity index (χ4n) is 1.97. The zero-order valence-electron chi connectivity index (χ0n) is 11.7. The molecule has 0 aliphatic heterocycles. The molecule has 0 fully saturated rings. The topological polar surface area (TPSA) is 29.9 Å². The van der Waals surface area contributed by atoms with E-state index < -0.39 is 11.9 Å². The summed E-state index contributed by atoms with van der Waals surface area (Å²) >= 11 is 0. The van der Waals surface area contributed by atoms with Crippen molar-refractivity contribution < 1.29 is 13.2 Å². The number of rotatable bonds is 4. The number of nitrogens with one attached hydrogen (secondary N) is 1. The highest BCUT2D eigenvalue weighted by Crippen LogP contribution is 2.31. The summed E-state index contributed by atoms with van der Waals surface area (Å²) in [6.07, 6.45) is -3.37. The molecule has 0 radical (unpaired) electrons. The summed E-state index contributed by atoms with van der Waals surface area (Å²) in [5, 5.41) is 3.14. The smallest absolute Gasteiger partial charge is 0.385 e. The maximum absolute atomic E-state index is 12.7. The monoisotopic (exact) mass is 319 g/mol. The van der Waals surface area contributed by atoms with Crippen molar-refractivity contribution >= 4 is 18.1 Å². The Balaban J connectivity index is 0.00000220. The average molecular weight is 320 g/mol. The van der Waals surface area contributed by atoms with Crippen molar-refractivity contribution in [3.05, 3.63) is 36.2 Å². The van der Waals surface area contributed by atoms with Crippen molar-refractivity contribution in [1.29, 1.82) is 0 Å². The molecule has 1 heterocycles. The van der Waals surface area contributed by atoms with Gasteiger partial charge < -0.3 is 9.88 Å². The third-order valence-electron chi connectivity index (χ3n) is 2.93. The molecule has 2 aromatic rings. The Morgan fingerprint density at radius 1 is 1.14 bits per heavy atom. The van der Waals surface area contributed by atoms with Gasteiger partial charge in [-0.25, -0.2) is 4.98 Å². The number of aromatic nitrogens is 2. The number of halogens is 4. The van der Waals surface area contributed by atoms with Crippen molar-refractivity contribution in [2.75, 3.05) is 11.9 Å². The Kier molecular flexibility index (Phi) is 5.66. The highest BCUT2D eigenvalue weighted by atomic mass is 35.5. The van der Waals surface area contributed by atoms with Gasteiger partial charge in [0.2, 0.25) is 0 Å². The number of alkyl halides is 3. The molecule has 0 aliphatic rings. The van der Waals surface area contributed by atoms with Crippen molar-refractivity contribution in [2.24, 2.45) is 0 Å². The lowest BCUT2D eigenvalue weighted by molar-refractivity contribution is -0.140. The molecule has 0 saturated heterocycles. The highest BCUT2D eigenvalue weighted by Gasteiger charge is 2.34. The molecular weight excluding hydrogens is 303 g/mol. The molecule has 0 bridgehead atoms. The lowest BCUT2D eigenvalue weighted by Gasteiger charge is -2.06. The number of benzene rings is 1. The van der Waals surface area contributed by atoms with E-state index in [1.807, 2.05) is 19.1 Å². The molecule has 0 aliphatic carbocycles. The molecule has 0 atom stereocenters. The third kappa shape index (κ3) is 3.91. The van der Waals surface area contributed by atoms with Crippen LogP contribution in [-0.2, 0) is 12.7 Å². The van der Waals surface area contributed by atoms with Gasteiger partial charge in [-0.15, -0.1) is 12.4 Å². The molecule has 21 heavy (non-hydrogen) atoms. The van der Waals surface area contributed by atoms with E-state index in [4.69, 9.17) is 0 Å². The van der Waals surface area contributed by atoms with Gasteiger partial charge in [-0.05, 0) is 38.1 Å². The fourth-order valence-corrected chi connectivity index (χ4v) is 1.97. The van der Waals surface area contributed by atoms with Gasteiger partial charge in [0, 0.05) is 30.5 Å². The Hall–Kier alpha value is -1.69. The van der Waals surface area contributed by atoms with E-state index in [0.717, 1.165) is 18.4 Å². The quantitative estimate of drug-likeness (QED) is 0.902. The molecule has 1 aromatic carbocycles. The fraction of sp³-hybridized carbons (Fsp3) is 0.357. The van der Waals surface area contributed by atoms with Crippen LogP contribution >= 0.6 is 12.4 Å². The van der Waals surface area contributed by atoms with Crippen molar-refractivity contribution in [2.45, 2.75) is 26.6 Å². The van der Waals surface area contributed by atoms with Gasteiger partial charge in [0.25, 0.3) is 0 Å². The Bertz CT molecular complexity index is 576. The minimum Gasteiger partial charge on any atom is -0.385 e. The van der Waals surface area contributed by atoms with Gasteiger partial charge in [-0.3, -0.25) is 0 Å². The largest absolute Gasteiger partial charge is 0.434 e. The zero-order chi connectivity index (χ0) is 14.8. The second-order valence-electron chi connectivity index (χ2n) is 4.34. The molecule has 0 saturated carbocycles. The maximum Gasteiger partial charge on any atom is 0.434 e. The Morgan fingerprint density at radius 3 is 2.24 bits per heavy atom. The summed E-state index contributed by atoms with van der Waals surface area (Å²) in [6, 6.07) is 7.21. The molecule has 7 heteroatoms. The number of imidazole rings is 1. The van der Waals surface area contributed by atoms with Crippen LogP contribution in [0.5, 0.6) is 0 Å². The van der Waals surface area contributed by atoms with Crippen molar-refractivity contribution in [3.63, 3.8) is 0 Å². The van der Waals surface area contributed by atoms with E-state index in [1.165, 1.54) is 4.57 Å². The van der Waals surface area contributed by atoms with Crippen LogP contribution in [0.3, 0.4) is 0 Å². The number of hydrogen-bond donors (Lipinski definition) is 1. The molecule has 1 N–H and O–H groups in total. The molecule has 3 nitrogen and oxygen atoms in total. The molecule has 0 spiro atoms. The lowest BCUT2D eigenvalue weighted by Crippen LogP contribution is -2.05. The van der Waals surface area contributed by atoms with Gasteiger partial charge >= 0.3 is 6.18 Å². The van der Waals surface area contributed by atoms with Crippen LogP contribution in [0, 0.1) is 0 Å². The first kappa shape index (κ1) is 17.4. The first-order valence-electron chi connectivity index (χ1n) is 6.44. The molecule has 0 amide bonds. The van der Waals surface area contributed by atoms with Crippen LogP contribution in [0.4, 0.5) is 18.9 Å². The van der Waals surface area contributed by atoms with Gasteiger partial charge in [0.15, 0.2) is 5.69 Å². The number of hydrogen-bond acceptors (Lipinski definition) is 2. The van der Waals surface area contributed by atoms with Gasteiger partial charge in [0.05, 0.1) is 0 Å². The Labute approximate surface area is 127 Å².